The molecule has 13 nitrogen and oxygen atoms in total. The lowest BCUT2D eigenvalue weighted by Crippen LogP contribution is -2.47. The fourth-order valence-electron chi connectivity index (χ4n) is 5.71. The number of anilines is 2. The Bertz CT molecular complexity index is 1830. The Hall–Kier alpha value is -5.64. The SMILES string of the molecule is C.Cc1cccc(C2(Nc3ncc(C(=O)NN)cn3)CCC2)c1.Cc1cccc(C2(Nc3ncc(C(=O)NNC(=O)C(F)(F)F)cn3)CCC2)c1. The number of aromatic nitrogens is 4. The molecule has 2 fully saturated rings. The van der Waals surface area contributed by atoms with Gasteiger partial charge < -0.3 is 10.6 Å². The van der Waals surface area contributed by atoms with Gasteiger partial charge in [-0.15, -0.1) is 0 Å². The molecule has 270 valence electrons. The maximum atomic E-state index is 12.1. The van der Waals surface area contributed by atoms with Crippen molar-refractivity contribution in [2.75, 3.05) is 10.6 Å². The first-order chi connectivity index (χ1) is 23.8. The number of hydrogen-bond donors (Lipinski definition) is 6. The predicted molar refractivity (Wildman–Crippen MR) is 185 cm³/mol. The Morgan fingerprint density at radius 2 is 1.10 bits per heavy atom. The smallest absolute Gasteiger partial charge is 0.345 e. The monoisotopic (exact) mass is 706 g/mol. The second kappa shape index (κ2) is 15.9. The highest BCUT2D eigenvalue weighted by molar-refractivity contribution is 5.95. The summed E-state index contributed by atoms with van der Waals surface area (Å²) in [6, 6.07) is 16.6. The summed E-state index contributed by atoms with van der Waals surface area (Å²) in [5.41, 5.74) is 9.63. The van der Waals surface area contributed by atoms with Crippen molar-refractivity contribution >= 4 is 29.6 Å². The first-order valence-corrected chi connectivity index (χ1v) is 15.9. The van der Waals surface area contributed by atoms with E-state index in [0.29, 0.717) is 17.5 Å². The topological polar surface area (TPSA) is 189 Å². The van der Waals surface area contributed by atoms with E-state index in [0.717, 1.165) is 43.2 Å². The number of nitrogens with two attached hydrogens (primary N) is 1. The van der Waals surface area contributed by atoms with E-state index < -0.39 is 23.9 Å². The normalized spacial score (nSPS) is 15.2. The third-order valence-electron chi connectivity index (χ3n) is 8.76. The van der Waals surface area contributed by atoms with Crippen LogP contribution in [0.4, 0.5) is 25.1 Å². The number of hydrogen-bond acceptors (Lipinski definition) is 10. The molecule has 0 radical (unpaired) electrons. The van der Waals surface area contributed by atoms with Crippen LogP contribution in [0.15, 0.2) is 73.3 Å². The molecule has 0 bridgehead atoms. The van der Waals surface area contributed by atoms with E-state index in [1.165, 1.54) is 47.8 Å². The van der Waals surface area contributed by atoms with E-state index in [1.54, 1.807) is 5.43 Å². The molecule has 2 aromatic carbocycles. The molecule has 2 heterocycles. The van der Waals surface area contributed by atoms with Gasteiger partial charge in [-0.3, -0.25) is 30.7 Å². The van der Waals surface area contributed by atoms with Crippen LogP contribution < -0.4 is 32.8 Å². The molecule has 3 amide bonds. The summed E-state index contributed by atoms with van der Waals surface area (Å²) in [6.45, 7) is 4.10. The minimum Gasteiger partial charge on any atom is -0.345 e. The Morgan fingerprint density at radius 3 is 1.43 bits per heavy atom. The summed E-state index contributed by atoms with van der Waals surface area (Å²) in [4.78, 5) is 50.5. The van der Waals surface area contributed by atoms with E-state index >= 15 is 0 Å². The van der Waals surface area contributed by atoms with Crippen molar-refractivity contribution in [3.05, 3.63) is 107 Å². The van der Waals surface area contributed by atoms with E-state index in [-0.39, 0.29) is 24.1 Å². The predicted octanol–water partition coefficient (Wildman–Crippen LogP) is 5.12. The second-order valence-electron chi connectivity index (χ2n) is 12.3. The zero-order valence-corrected chi connectivity index (χ0v) is 27.4. The molecule has 0 atom stereocenters. The highest BCUT2D eigenvalue weighted by Gasteiger charge is 2.41. The van der Waals surface area contributed by atoms with Crippen molar-refractivity contribution in [2.45, 2.75) is 77.1 Å². The number of benzene rings is 2. The summed E-state index contributed by atoms with van der Waals surface area (Å²) < 4.78 is 36.4. The van der Waals surface area contributed by atoms with Crippen molar-refractivity contribution < 1.29 is 27.6 Å². The van der Waals surface area contributed by atoms with Gasteiger partial charge in [0.25, 0.3) is 11.8 Å². The molecular formula is C35H41F3N10O3. The van der Waals surface area contributed by atoms with Crippen molar-refractivity contribution in [3.8, 4) is 0 Å². The van der Waals surface area contributed by atoms with Crippen LogP contribution in [0.1, 0.15) is 88.9 Å². The molecule has 7 N–H and O–H groups in total. The van der Waals surface area contributed by atoms with Gasteiger partial charge in [0.15, 0.2) is 0 Å². The van der Waals surface area contributed by atoms with Crippen LogP contribution in [0.3, 0.4) is 0 Å². The van der Waals surface area contributed by atoms with Crippen LogP contribution in [0, 0.1) is 13.8 Å². The van der Waals surface area contributed by atoms with Crippen LogP contribution in [0.2, 0.25) is 0 Å². The standard InChI is InChI=1S/C18H18F3N5O2.C16H19N5O.CH4/c1-11-4-2-5-13(8-11)17(6-3-7-17)24-16-22-9-12(10-23-16)14(27)25-26-15(28)18(19,20)21;1-11-4-2-5-13(8-11)16(6-3-7-16)20-15-18-9-12(10-19-15)14(22)21-17;/h2,4-5,8-10H,3,6-7H2,1H3,(H,25,27)(H,26,28)(H,22,23,24);2,4-5,8-10H,3,6-7,17H2,1H3,(H,21,22)(H,18,19,20);1H4. The zero-order chi connectivity index (χ0) is 35.9. The third-order valence-corrected chi connectivity index (χ3v) is 8.76. The molecule has 16 heteroatoms. The van der Waals surface area contributed by atoms with Gasteiger partial charge in [-0.1, -0.05) is 67.1 Å². The number of nitrogens with one attached hydrogen (secondary N) is 5. The Balaban J connectivity index is 0.000000230. The number of nitrogens with zero attached hydrogens (tertiary/aromatic N) is 4. The quantitative estimate of drug-likeness (QED) is 0.0816. The molecule has 0 spiro atoms. The van der Waals surface area contributed by atoms with Gasteiger partial charge in [0.05, 0.1) is 22.2 Å². The van der Waals surface area contributed by atoms with Gasteiger partial charge in [0, 0.05) is 24.8 Å². The highest BCUT2D eigenvalue weighted by atomic mass is 19.4. The van der Waals surface area contributed by atoms with Crippen LogP contribution in [-0.4, -0.2) is 43.8 Å². The average molecular weight is 707 g/mol. The zero-order valence-electron chi connectivity index (χ0n) is 27.4. The van der Waals surface area contributed by atoms with Gasteiger partial charge in [-0.25, -0.2) is 25.8 Å². The molecule has 2 saturated carbocycles. The third kappa shape index (κ3) is 9.13. The molecule has 0 saturated heterocycles. The molecular weight excluding hydrogens is 665 g/mol. The van der Waals surface area contributed by atoms with E-state index in [1.807, 2.05) is 25.1 Å². The Kier molecular flexibility index (Phi) is 11.9. The van der Waals surface area contributed by atoms with Gasteiger partial charge in [0.2, 0.25) is 11.9 Å². The maximum absolute atomic E-state index is 12.1. The van der Waals surface area contributed by atoms with Gasteiger partial charge in [-0.05, 0) is 63.5 Å². The lowest BCUT2D eigenvalue weighted by molar-refractivity contribution is -0.174. The Morgan fingerprint density at radius 1 is 0.686 bits per heavy atom. The minimum absolute atomic E-state index is 0. The Labute approximate surface area is 293 Å². The lowest BCUT2D eigenvalue weighted by atomic mass is 9.71. The molecule has 0 aliphatic heterocycles. The first kappa shape index (κ1) is 38.2. The highest BCUT2D eigenvalue weighted by Crippen LogP contribution is 2.44. The van der Waals surface area contributed by atoms with Gasteiger partial charge in [0.1, 0.15) is 0 Å². The molecule has 4 aromatic rings. The summed E-state index contributed by atoms with van der Waals surface area (Å²) >= 11 is 0. The van der Waals surface area contributed by atoms with E-state index in [4.69, 9.17) is 5.84 Å². The number of amides is 3. The van der Waals surface area contributed by atoms with Crippen molar-refractivity contribution in [1.29, 1.82) is 0 Å². The molecule has 6 rings (SSSR count). The number of alkyl halides is 3. The number of carbonyl (C=O) groups is 3. The second-order valence-corrected chi connectivity index (χ2v) is 12.3. The summed E-state index contributed by atoms with van der Waals surface area (Å²) in [5, 5.41) is 6.73. The summed E-state index contributed by atoms with van der Waals surface area (Å²) in [6.07, 6.45) is 6.34. The molecule has 2 aromatic heterocycles. The molecule has 2 aliphatic rings. The molecule has 51 heavy (non-hydrogen) atoms. The van der Waals surface area contributed by atoms with E-state index in [2.05, 4.69) is 73.3 Å². The number of halogens is 3. The number of rotatable bonds is 8. The fraction of sp³-hybridized carbons (Fsp3) is 0.343. The number of carbonyl (C=O) groups excluding carboxylic acids is 3. The fourth-order valence-corrected chi connectivity index (χ4v) is 5.71. The van der Waals surface area contributed by atoms with E-state index in [9.17, 15) is 27.6 Å². The number of hydrazine groups is 2. The van der Waals surface area contributed by atoms with Crippen molar-refractivity contribution in [2.24, 2.45) is 5.84 Å². The maximum Gasteiger partial charge on any atom is 0.472 e. The summed E-state index contributed by atoms with van der Waals surface area (Å²) in [5.74, 6) is 2.29. The number of nitrogen functional groups attached to an aromatic ring is 1. The molecule has 0 unspecified atom stereocenters. The average Bonchev–Trinajstić information content (AvgIpc) is 3.07. The summed E-state index contributed by atoms with van der Waals surface area (Å²) in [7, 11) is 0. The minimum atomic E-state index is -5.09. The van der Waals surface area contributed by atoms with Crippen LogP contribution in [0.5, 0.6) is 0 Å². The van der Waals surface area contributed by atoms with Crippen molar-refractivity contribution in [3.63, 3.8) is 0 Å². The van der Waals surface area contributed by atoms with Crippen LogP contribution in [-0.2, 0) is 15.9 Å². The molecule has 2 aliphatic carbocycles. The lowest BCUT2D eigenvalue weighted by Gasteiger charge is -2.43. The van der Waals surface area contributed by atoms with Gasteiger partial charge >= 0.3 is 12.1 Å². The largest absolute Gasteiger partial charge is 0.472 e. The number of aryl methyl sites for hydroxylation is 2. The van der Waals surface area contributed by atoms with Gasteiger partial charge in [-0.2, -0.15) is 13.2 Å². The first-order valence-electron chi connectivity index (χ1n) is 15.9. The van der Waals surface area contributed by atoms with Crippen LogP contribution >= 0.6 is 0 Å². The van der Waals surface area contributed by atoms with Crippen molar-refractivity contribution in [1.82, 2.24) is 36.2 Å². The van der Waals surface area contributed by atoms with Crippen LogP contribution in [0.25, 0.3) is 0 Å².